The van der Waals surface area contributed by atoms with Crippen molar-refractivity contribution in [1.82, 2.24) is 5.32 Å². The van der Waals surface area contributed by atoms with Gasteiger partial charge in [0.05, 0.1) is 19.3 Å². The highest BCUT2D eigenvalue weighted by Gasteiger charge is 2.15. The summed E-state index contributed by atoms with van der Waals surface area (Å²) in [4.78, 5) is 13.8. The van der Waals surface area contributed by atoms with Gasteiger partial charge in [-0.2, -0.15) is 0 Å². The zero-order chi connectivity index (χ0) is 17.6. The van der Waals surface area contributed by atoms with E-state index in [1.54, 1.807) is 0 Å². The van der Waals surface area contributed by atoms with Crippen LogP contribution >= 0.6 is 0 Å². The molecule has 1 saturated heterocycles. The first-order chi connectivity index (χ1) is 12.2. The zero-order valence-electron chi connectivity index (χ0n) is 14.6. The van der Waals surface area contributed by atoms with Crippen LogP contribution in [0.1, 0.15) is 18.5 Å². The van der Waals surface area contributed by atoms with Gasteiger partial charge in [0.1, 0.15) is 0 Å². The molecule has 1 fully saturated rings. The maximum absolute atomic E-state index is 11.5. The fourth-order valence-corrected chi connectivity index (χ4v) is 3.10. The van der Waals surface area contributed by atoms with E-state index < -0.39 is 0 Å². The van der Waals surface area contributed by atoms with E-state index in [4.69, 9.17) is 4.74 Å². The number of benzene rings is 2. The van der Waals surface area contributed by atoms with Gasteiger partial charge in [-0.3, -0.25) is 4.79 Å². The Labute approximate surface area is 149 Å². The number of para-hydroxylation sites is 1. The lowest BCUT2D eigenvalue weighted by Crippen LogP contribution is -2.36. The van der Waals surface area contributed by atoms with Crippen LogP contribution < -0.4 is 10.2 Å². The summed E-state index contributed by atoms with van der Waals surface area (Å²) in [5.41, 5.74) is 4.71. The van der Waals surface area contributed by atoms with Gasteiger partial charge in [0.15, 0.2) is 0 Å². The summed E-state index contributed by atoms with van der Waals surface area (Å²) in [7, 11) is 0. The molecule has 1 atom stereocenters. The lowest BCUT2D eigenvalue weighted by atomic mass is 9.99. The molecule has 0 spiro atoms. The minimum absolute atomic E-state index is 0.0472. The van der Waals surface area contributed by atoms with Gasteiger partial charge in [-0.05, 0) is 30.2 Å². The van der Waals surface area contributed by atoms with Crippen LogP contribution in [-0.4, -0.2) is 32.2 Å². The van der Waals surface area contributed by atoms with Gasteiger partial charge in [-0.1, -0.05) is 49.0 Å². The lowest BCUT2D eigenvalue weighted by Gasteiger charge is -2.30. The average Bonchev–Trinajstić information content (AvgIpc) is 2.68. The van der Waals surface area contributed by atoms with E-state index in [1.165, 1.54) is 22.9 Å². The number of nitrogens with zero attached hydrogens (tertiary/aromatic N) is 1. The number of anilines is 1. The molecule has 0 radical (unpaired) electrons. The third-order valence-electron chi connectivity index (χ3n) is 4.52. The van der Waals surface area contributed by atoms with Crippen molar-refractivity contribution in [2.75, 3.05) is 31.2 Å². The molecule has 0 saturated carbocycles. The van der Waals surface area contributed by atoms with E-state index in [2.05, 4.69) is 65.3 Å². The monoisotopic (exact) mass is 336 g/mol. The predicted molar refractivity (Wildman–Crippen MR) is 102 cm³/mol. The number of ether oxygens (including phenoxy) is 1. The molecule has 4 nitrogen and oxygen atoms in total. The van der Waals surface area contributed by atoms with E-state index >= 15 is 0 Å². The smallest absolute Gasteiger partial charge is 0.243 e. The van der Waals surface area contributed by atoms with Gasteiger partial charge in [0.2, 0.25) is 5.91 Å². The molecule has 0 aromatic heterocycles. The second-order valence-electron chi connectivity index (χ2n) is 6.17. The summed E-state index contributed by atoms with van der Waals surface area (Å²) in [6.07, 6.45) is 1.30. The number of morpholine rings is 1. The highest BCUT2D eigenvalue weighted by atomic mass is 16.5. The minimum atomic E-state index is -0.158. The van der Waals surface area contributed by atoms with E-state index in [0.717, 1.165) is 31.9 Å². The third kappa shape index (κ3) is 4.09. The van der Waals surface area contributed by atoms with E-state index in [-0.39, 0.29) is 11.9 Å². The normalized spacial score (nSPS) is 15.5. The van der Waals surface area contributed by atoms with Crippen molar-refractivity contribution in [2.45, 2.75) is 13.0 Å². The third-order valence-corrected chi connectivity index (χ3v) is 4.52. The molecule has 1 heterocycles. The van der Waals surface area contributed by atoms with Crippen LogP contribution in [0.4, 0.5) is 5.69 Å². The van der Waals surface area contributed by atoms with E-state index in [1.807, 2.05) is 6.92 Å². The van der Waals surface area contributed by atoms with Crippen molar-refractivity contribution in [3.05, 3.63) is 66.7 Å². The van der Waals surface area contributed by atoms with Gasteiger partial charge in [-0.25, -0.2) is 0 Å². The van der Waals surface area contributed by atoms with Crippen LogP contribution in [0.25, 0.3) is 11.1 Å². The van der Waals surface area contributed by atoms with E-state index in [0.29, 0.717) is 0 Å². The summed E-state index contributed by atoms with van der Waals surface area (Å²) < 4.78 is 5.47. The minimum Gasteiger partial charge on any atom is -0.378 e. The number of amides is 1. The molecule has 3 rings (SSSR count). The van der Waals surface area contributed by atoms with Crippen LogP contribution in [0, 0.1) is 0 Å². The van der Waals surface area contributed by atoms with Crippen molar-refractivity contribution < 1.29 is 9.53 Å². The standard InChI is InChI=1S/C21H24N2O2/c1-3-21(24)22-16(2)17-8-10-18(11-9-17)19-6-4-5-7-20(19)23-12-14-25-15-13-23/h3-11,16H,1,12-15H2,2H3,(H,22,24)/t16-/m1/s1. The molecule has 1 N–H and O–H groups in total. The molecule has 0 unspecified atom stereocenters. The largest absolute Gasteiger partial charge is 0.378 e. The van der Waals surface area contributed by atoms with Gasteiger partial charge >= 0.3 is 0 Å². The molecular formula is C21H24N2O2. The van der Waals surface area contributed by atoms with Gasteiger partial charge in [-0.15, -0.1) is 0 Å². The van der Waals surface area contributed by atoms with Crippen molar-refractivity contribution >= 4 is 11.6 Å². The Morgan fingerprint density at radius 2 is 1.84 bits per heavy atom. The summed E-state index contributed by atoms with van der Waals surface area (Å²) in [5, 5.41) is 2.89. The van der Waals surface area contributed by atoms with E-state index in [9.17, 15) is 4.79 Å². The topological polar surface area (TPSA) is 41.6 Å². The van der Waals surface area contributed by atoms with Crippen LogP contribution in [0.2, 0.25) is 0 Å². The molecule has 4 heteroatoms. The van der Waals surface area contributed by atoms with Crippen molar-refractivity contribution in [2.24, 2.45) is 0 Å². The molecular weight excluding hydrogens is 312 g/mol. The first kappa shape index (κ1) is 17.2. The summed E-state index contributed by atoms with van der Waals surface area (Å²) >= 11 is 0. The van der Waals surface area contributed by atoms with Crippen molar-refractivity contribution in [1.29, 1.82) is 0 Å². The Morgan fingerprint density at radius 3 is 2.52 bits per heavy atom. The Bertz CT molecular complexity index is 734. The van der Waals surface area contributed by atoms with Crippen molar-refractivity contribution in [3.8, 4) is 11.1 Å². The molecule has 2 aromatic rings. The highest BCUT2D eigenvalue weighted by molar-refractivity contribution is 5.87. The molecule has 2 aromatic carbocycles. The molecule has 25 heavy (non-hydrogen) atoms. The summed E-state index contributed by atoms with van der Waals surface area (Å²) in [6.45, 7) is 8.84. The first-order valence-corrected chi connectivity index (χ1v) is 8.64. The summed E-state index contributed by atoms with van der Waals surface area (Å²) in [6, 6.07) is 16.8. The van der Waals surface area contributed by atoms with Crippen LogP contribution in [0.15, 0.2) is 61.2 Å². The predicted octanol–water partition coefficient (Wildman–Crippen LogP) is 3.55. The molecule has 0 bridgehead atoms. The van der Waals surface area contributed by atoms with Crippen LogP contribution in [0.3, 0.4) is 0 Å². The van der Waals surface area contributed by atoms with Gasteiger partial charge in [0.25, 0.3) is 0 Å². The summed E-state index contributed by atoms with van der Waals surface area (Å²) in [5.74, 6) is -0.158. The maximum atomic E-state index is 11.5. The molecule has 1 aliphatic heterocycles. The first-order valence-electron chi connectivity index (χ1n) is 8.64. The Morgan fingerprint density at radius 1 is 1.16 bits per heavy atom. The van der Waals surface area contributed by atoms with Crippen molar-refractivity contribution in [3.63, 3.8) is 0 Å². The quantitative estimate of drug-likeness (QED) is 0.849. The Balaban J connectivity index is 1.83. The average molecular weight is 336 g/mol. The maximum Gasteiger partial charge on any atom is 0.243 e. The number of carbonyl (C=O) groups is 1. The number of carbonyl (C=O) groups excluding carboxylic acids is 1. The Kier molecular flexibility index (Phi) is 5.51. The second kappa shape index (κ2) is 7.99. The number of nitrogens with one attached hydrogen (secondary N) is 1. The van der Waals surface area contributed by atoms with Crippen LogP contribution in [0.5, 0.6) is 0 Å². The fraction of sp³-hybridized carbons (Fsp3) is 0.286. The van der Waals surface area contributed by atoms with Crippen LogP contribution in [-0.2, 0) is 9.53 Å². The molecule has 1 aliphatic rings. The van der Waals surface area contributed by atoms with Gasteiger partial charge < -0.3 is 15.0 Å². The Hall–Kier alpha value is -2.59. The number of hydrogen-bond acceptors (Lipinski definition) is 3. The second-order valence-corrected chi connectivity index (χ2v) is 6.17. The zero-order valence-corrected chi connectivity index (χ0v) is 14.6. The number of rotatable bonds is 5. The lowest BCUT2D eigenvalue weighted by molar-refractivity contribution is -0.117. The van der Waals surface area contributed by atoms with Gasteiger partial charge in [0, 0.05) is 24.3 Å². The molecule has 1 amide bonds. The SMILES string of the molecule is C=CC(=O)N[C@H](C)c1ccc(-c2ccccc2N2CCOCC2)cc1. The fourth-order valence-electron chi connectivity index (χ4n) is 3.10. The number of hydrogen-bond donors (Lipinski definition) is 1. The highest BCUT2D eigenvalue weighted by Crippen LogP contribution is 2.32. The molecule has 130 valence electrons. The molecule has 0 aliphatic carbocycles.